The lowest BCUT2D eigenvalue weighted by Gasteiger charge is -2.39. The molecular formula is C16H28OS. The Balaban J connectivity index is 1.70. The summed E-state index contributed by atoms with van der Waals surface area (Å²) in [6.45, 7) is 7.93. The Labute approximate surface area is 116 Å². The number of thioether (sulfide) groups is 1. The van der Waals surface area contributed by atoms with Crippen molar-refractivity contribution in [3.05, 3.63) is 0 Å². The molecule has 1 aliphatic heterocycles. The van der Waals surface area contributed by atoms with Crippen LogP contribution in [0.1, 0.15) is 52.9 Å². The Bertz CT molecular complexity index is 293. The molecule has 0 aromatic rings. The molecule has 2 heteroatoms. The summed E-state index contributed by atoms with van der Waals surface area (Å²) in [7, 11) is 0. The lowest BCUT2D eigenvalue weighted by Crippen LogP contribution is -2.40. The van der Waals surface area contributed by atoms with Crippen molar-refractivity contribution < 1.29 is 4.74 Å². The molecule has 0 aromatic heterocycles. The average molecular weight is 268 g/mol. The zero-order valence-electron chi connectivity index (χ0n) is 12.1. The van der Waals surface area contributed by atoms with E-state index in [1.165, 1.54) is 32.1 Å². The van der Waals surface area contributed by atoms with Gasteiger partial charge in [0.05, 0.1) is 6.10 Å². The largest absolute Gasteiger partial charge is 0.378 e. The molecule has 0 radical (unpaired) electrons. The van der Waals surface area contributed by atoms with Gasteiger partial charge in [-0.05, 0) is 56.3 Å². The number of hydrogen-bond donors (Lipinski definition) is 0. The van der Waals surface area contributed by atoms with E-state index in [0.717, 1.165) is 40.8 Å². The highest BCUT2D eigenvalue weighted by Gasteiger charge is 2.50. The zero-order valence-corrected chi connectivity index (χ0v) is 12.9. The predicted octanol–water partition coefficient (Wildman–Crippen LogP) is 4.36. The molecule has 1 nitrogen and oxygen atoms in total. The quantitative estimate of drug-likeness (QED) is 0.736. The third-order valence-corrected chi connectivity index (χ3v) is 7.66. The van der Waals surface area contributed by atoms with Crippen LogP contribution in [0.5, 0.6) is 0 Å². The van der Waals surface area contributed by atoms with E-state index in [9.17, 15) is 0 Å². The van der Waals surface area contributed by atoms with Crippen LogP contribution in [0, 0.1) is 23.7 Å². The zero-order chi connectivity index (χ0) is 12.7. The van der Waals surface area contributed by atoms with E-state index >= 15 is 0 Å². The van der Waals surface area contributed by atoms with Gasteiger partial charge in [0.15, 0.2) is 0 Å². The third-order valence-electron chi connectivity index (χ3n) is 5.68. The van der Waals surface area contributed by atoms with E-state index in [-0.39, 0.29) is 0 Å². The molecule has 18 heavy (non-hydrogen) atoms. The van der Waals surface area contributed by atoms with Gasteiger partial charge in [-0.3, -0.25) is 0 Å². The Morgan fingerprint density at radius 2 is 1.83 bits per heavy atom. The third kappa shape index (κ3) is 2.24. The molecule has 0 aromatic carbocycles. The summed E-state index contributed by atoms with van der Waals surface area (Å²) < 4.78 is 5.96. The number of rotatable bonds is 2. The topological polar surface area (TPSA) is 9.23 Å². The standard InChI is InChI=1S/C16H28OS/c1-4-17-14-8-7-13-12-6-5-10(2)9-15(12)18-16(13)11(14)3/h10-16H,4-9H2,1-3H3. The lowest BCUT2D eigenvalue weighted by molar-refractivity contribution is -0.0135. The van der Waals surface area contributed by atoms with Crippen molar-refractivity contribution in [2.75, 3.05) is 6.61 Å². The Morgan fingerprint density at radius 3 is 2.61 bits per heavy atom. The van der Waals surface area contributed by atoms with Crippen molar-refractivity contribution in [1.82, 2.24) is 0 Å². The molecule has 104 valence electrons. The molecule has 1 heterocycles. The van der Waals surface area contributed by atoms with Gasteiger partial charge >= 0.3 is 0 Å². The molecule has 7 unspecified atom stereocenters. The van der Waals surface area contributed by atoms with Gasteiger partial charge in [-0.25, -0.2) is 0 Å². The summed E-state index contributed by atoms with van der Waals surface area (Å²) >= 11 is 2.34. The number of ether oxygens (including phenoxy) is 1. The van der Waals surface area contributed by atoms with E-state index in [1.54, 1.807) is 0 Å². The summed E-state index contributed by atoms with van der Waals surface area (Å²) in [6, 6.07) is 0. The van der Waals surface area contributed by atoms with Crippen molar-refractivity contribution in [3.8, 4) is 0 Å². The van der Waals surface area contributed by atoms with Crippen molar-refractivity contribution in [1.29, 1.82) is 0 Å². The molecular weight excluding hydrogens is 240 g/mol. The highest BCUT2D eigenvalue weighted by atomic mass is 32.2. The van der Waals surface area contributed by atoms with Crippen molar-refractivity contribution in [2.24, 2.45) is 23.7 Å². The van der Waals surface area contributed by atoms with Crippen LogP contribution in [-0.2, 0) is 4.74 Å². The van der Waals surface area contributed by atoms with Gasteiger partial charge < -0.3 is 4.74 Å². The van der Waals surface area contributed by atoms with Gasteiger partial charge in [0.2, 0.25) is 0 Å². The van der Waals surface area contributed by atoms with E-state index in [0.29, 0.717) is 6.10 Å². The highest BCUT2D eigenvalue weighted by molar-refractivity contribution is 8.00. The maximum absolute atomic E-state index is 5.96. The Morgan fingerprint density at radius 1 is 1.06 bits per heavy atom. The second-order valence-electron chi connectivity index (χ2n) is 6.82. The molecule has 3 fully saturated rings. The van der Waals surface area contributed by atoms with Gasteiger partial charge in [-0.1, -0.05) is 20.3 Å². The SMILES string of the molecule is CCOC1CCC2C3CCC(C)CC3SC2C1C. The van der Waals surface area contributed by atoms with E-state index in [4.69, 9.17) is 4.74 Å². The van der Waals surface area contributed by atoms with Crippen LogP contribution in [-0.4, -0.2) is 23.2 Å². The first-order valence-corrected chi connectivity index (χ1v) is 8.92. The van der Waals surface area contributed by atoms with Crippen LogP contribution in [0.4, 0.5) is 0 Å². The first-order valence-electron chi connectivity index (χ1n) is 7.97. The van der Waals surface area contributed by atoms with Crippen LogP contribution < -0.4 is 0 Å². The van der Waals surface area contributed by atoms with Crippen LogP contribution >= 0.6 is 11.8 Å². The average Bonchev–Trinajstić information content (AvgIpc) is 2.71. The smallest absolute Gasteiger partial charge is 0.0611 e. The molecule has 0 spiro atoms. The molecule has 0 N–H and O–H groups in total. The van der Waals surface area contributed by atoms with E-state index < -0.39 is 0 Å². The highest BCUT2D eigenvalue weighted by Crippen LogP contribution is 2.57. The summed E-state index contributed by atoms with van der Waals surface area (Å²) in [5.74, 6) is 3.80. The van der Waals surface area contributed by atoms with Gasteiger partial charge in [-0.2, -0.15) is 11.8 Å². The minimum absolute atomic E-state index is 0.543. The van der Waals surface area contributed by atoms with Gasteiger partial charge in [0, 0.05) is 17.1 Å². The molecule has 2 aliphatic carbocycles. The van der Waals surface area contributed by atoms with Crippen LogP contribution in [0.25, 0.3) is 0 Å². The fourth-order valence-electron chi connectivity index (χ4n) is 4.72. The fraction of sp³-hybridized carbons (Fsp3) is 1.00. The van der Waals surface area contributed by atoms with Gasteiger partial charge in [-0.15, -0.1) is 0 Å². The molecule has 3 rings (SSSR count). The lowest BCUT2D eigenvalue weighted by atomic mass is 9.68. The van der Waals surface area contributed by atoms with Gasteiger partial charge in [0.25, 0.3) is 0 Å². The van der Waals surface area contributed by atoms with Gasteiger partial charge in [0.1, 0.15) is 0 Å². The first kappa shape index (κ1) is 13.3. The predicted molar refractivity (Wildman–Crippen MR) is 79.0 cm³/mol. The molecule has 0 amide bonds. The molecule has 7 atom stereocenters. The minimum Gasteiger partial charge on any atom is -0.378 e. The first-order chi connectivity index (χ1) is 8.70. The van der Waals surface area contributed by atoms with Crippen molar-refractivity contribution in [3.63, 3.8) is 0 Å². The minimum atomic E-state index is 0.543. The molecule has 0 bridgehead atoms. The summed E-state index contributed by atoms with van der Waals surface area (Å²) in [6.07, 6.45) is 7.76. The maximum Gasteiger partial charge on any atom is 0.0611 e. The number of hydrogen-bond acceptors (Lipinski definition) is 2. The van der Waals surface area contributed by atoms with Crippen molar-refractivity contribution in [2.45, 2.75) is 69.5 Å². The number of fused-ring (bicyclic) bond motifs is 3. The second-order valence-corrected chi connectivity index (χ2v) is 8.24. The van der Waals surface area contributed by atoms with Crippen LogP contribution in [0.15, 0.2) is 0 Å². The van der Waals surface area contributed by atoms with Crippen LogP contribution in [0.2, 0.25) is 0 Å². The van der Waals surface area contributed by atoms with Crippen molar-refractivity contribution >= 4 is 11.8 Å². The van der Waals surface area contributed by atoms with E-state index in [2.05, 4.69) is 32.5 Å². The normalized spacial score (nSPS) is 51.8. The second kappa shape index (κ2) is 5.36. The summed E-state index contributed by atoms with van der Waals surface area (Å²) in [5.41, 5.74) is 0. The summed E-state index contributed by atoms with van der Waals surface area (Å²) in [5, 5.41) is 1.88. The van der Waals surface area contributed by atoms with Crippen LogP contribution in [0.3, 0.4) is 0 Å². The molecule has 3 aliphatic rings. The Kier molecular flexibility index (Phi) is 3.96. The molecule has 1 saturated heterocycles. The maximum atomic E-state index is 5.96. The molecule has 2 saturated carbocycles. The monoisotopic (exact) mass is 268 g/mol. The Hall–Kier alpha value is 0.310. The fourth-order valence-corrected chi connectivity index (χ4v) is 7.06. The van der Waals surface area contributed by atoms with E-state index in [1.807, 2.05) is 0 Å². The summed E-state index contributed by atoms with van der Waals surface area (Å²) in [4.78, 5) is 0.